The van der Waals surface area contributed by atoms with Crippen molar-refractivity contribution in [3.05, 3.63) is 75.6 Å². The zero-order valence-corrected chi connectivity index (χ0v) is 18.2. The number of aromatic nitrogens is 2. The molecule has 0 aliphatic carbocycles. The summed E-state index contributed by atoms with van der Waals surface area (Å²) in [6.07, 6.45) is 0.231. The minimum Gasteiger partial charge on any atom is -0.324 e. The lowest BCUT2D eigenvalue weighted by Crippen LogP contribution is -2.32. The van der Waals surface area contributed by atoms with Crippen molar-refractivity contribution in [2.45, 2.75) is 40.7 Å². The molecule has 160 valence electrons. The standard InChI is InChI=1S/C24H26N4O3/c1-5-21(29)25-20-13-19(18-9-7-6-8-10-18)27-28(24(20)31)14-22(30)26-23-16(3)11-15(2)12-17(23)4/h6-13H,5,14H2,1-4H3,(H,25,29)(H,26,30). The number of anilines is 2. The quantitative estimate of drug-likeness (QED) is 0.636. The topological polar surface area (TPSA) is 93.1 Å². The fourth-order valence-electron chi connectivity index (χ4n) is 3.42. The van der Waals surface area contributed by atoms with Crippen LogP contribution in [0.25, 0.3) is 11.3 Å². The summed E-state index contributed by atoms with van der Waals surface area (Å²) < 4.78 is 1.09. The van der Waals surface area contributed by atoms with Crippen molar-refractivity contribution in [3.8, 4) is 11.3 Å². The lowest BCUT2D eigenvalue weighted by molar-refractivity contribution is -0.117. The molecule has 0 saturated heterocycles. The van der Waals surface area contributed by atoms with E-state index in [2.05, 4.69) is 15.7 Å². The first kappa shape index (κ1) is 22.0. The average molecular weight is 418 g/mol. The first-order chi connectivity index (χ1) is 14.8. The normalized spacial score (nSPS) is 10.6. The van der Waals surface area contributed by atoms with Crippen LogP contribution in [0.1, 0.15) is 30.0 Å². The highest BCUT2D eigenvalue weighted by Crippen LogP contribution is 2.22. The van der Waals surface area contributed by atoms with E-state index in [0.29, 0.717) is 5.69 Å². The van der Waals surface area contributed by atoms with Gasteiger partial charge in [0.1, 0.15) is 12.2 Å². The summed E-state index contributed by atoms with van der Waals surface area (Å²) in [7, 11) is 0. The highest BCUT2D eigenvalue weighted by atomic mass is 16.2. The van der Waals surface area contributed by atoms with E-state index in [-0.39, 0.29) is 30.5 Å². The Labute approximate surface area is 181 Å². The van der Waals surface area contributed by atoms with Crippen LogP contribution in [0, 0.1) is 20.8 Å². The van der Waals surface area contributed by atoms with Crippen LogP contribution in [0.15, 0.2) is 53.3 Å². The number of amides is 2. The number of benzene rings is 2. The maximum Gasteiger partial charge on any atom is 0.291 e. The zero-order chi connectivity index (χ0) is 22.5. The van der Waals surface area contributed by atoms with E-state index in [1.54, 1.807) is 6.92 Å². The lowest BCUT2D eigenvalue weighted by Gasteiger charge is -2.14. The van der Waals surface area contributed by atoms with Gasteiger partial charge in [-0.3, -0.25) is 14.4 Å². The molecule has 1 aromatic heterocycles. The molecule has 1 heterocycles. The number of nitrogens with zero attached hydrogens (tertiary/aromatic N) is 2. The molecule has 2 amide bonds. The maximum atomic E-state index is 12.9. The van der Waals surface area contributed by atoms with Crippen molar-refractivity contribution in [1.82, 2.24) is 9.78 Å². The lowest BCUT2D eigenvalue weighted by atomic mass is 10.1. The molecule has 0 aliphatic heterocycles. The van der Waals surface area contributed by atoms with Gasteiger partial charge in [0, 0.05) is 17.7 Å². The van der Waals surface area contributed by atoms with Gasteiger partial charge >= 0.3 is 0 Å². The summed E-state index contributed by atoms with van der Waals surface area (Å²) in [6, 6.07) is 14.8. The second kappa shape index (κ2) is 9.38. The van der Waals surface area contributed by atoms with E-state index in [9.17, 15) is 14.4 Å². The molecule has 0 radical (unpaired) electrons. The average Bonchev–Trinajstić information content (AvgIpc) is 2.74. The first-order valence-electron chi connectivity index (χ1n) is 10.1. The van der Waals surface area contributed by atoms with Crippen LogP contribution in [-0.4, -0.2) is 21.6 Å². The minimum atomic E-state index is -0.533. The summed E-state index contributed by atoms with van der Waals surface area (Å²) in [5.41, 5.74) is 4.54. The van der Waals surface area contributed by atoms with Crippen LogP contribution in [-0.2, 0) is 16.1 Å². The van der Waals surface area contributed by atoms with Gasteiger partial charge in [-0.15, -0.1) is 0 Å². The Kier molecular flexibility index (Phi) is 6.65. The molecule has 0 saturated carbocycles. The molecule has 2 aromatic carbocycles. The number of rotatable bonds is 6. The van der Waals surface area contributed by atoms with Gasteiger partial charge in [-0.25, -0.2) is 4.68 Å². The Bertz CT molecular complexity index is 1160. The van der Waals surface area contributed by atoms with E-state index in [1.165, 1.54) is 6.07 Å². The van der Waals surface area contributed by atoms with Crippen LogP contribution in [0.2, 0.25) is 0 Å². The predicted molar refractivity (Wildman–Crippen MR) is 122 cm³/mol. The Morgan fingerprint density at radius 3 is 2.19 bits per heavy atom. The van der Waals surface area contributed by atoms with E-state index < -0.39 is 5.56 Å². The highest BCUT2D eigenvalue weighted by Gasteiger charge is 2.15. The van der Waals surface area contributed by atoms with Crippen LogP contribution >= 0.6 is 0 Å². The second-order valence-electron chi connectivity index (χ2n) is 7.50. The molecule has 3 aromatic rings. The molecule has 0 fully saturated rings. The van der Waals surface area contributed by atoms with Crippen molar-refractivity contribution in [1.29, 1.82) is 0 Å². The maximum absolute atomic E-state index is 12.9. The number of carbonyl (C=O) groups is 2. The molecule has 0 bridgehead atoms. The Balaban J connectivity index is 1.96. The number of carbonyl (C=O) groups excluding carboxylic acids is 2. The Hall–Kier alpha value is -3.74. The third kappa shape index (κ3) is 5.25. The van der Waals surface area contributed by atoms with Crippen LogP contribution in [0.3, 0.4) is 0 Å². The zero-order valence-electron chi connectivity index (χ0n) is 18.2. The van der Waals surface area contributed by atoms with Gasteiger partial charge in [-0.1, -0.05) is 55.0 Å². The Morgan fingerprint density at radius 2 is 1.58 bits per heavy atom. The van der Waals surface area contributed by atoms with E-state index >= 15 is 0 Å². The van der Waals surface area contributed by atoms with Crippen LogP contribution < -0.4 is 16.2 Å². The highest BCUT2D eigenvalue weighted by molar-refractivity contribution is 5.93. The molecule has 7 heteroatoms. The largest absolute Gasteiger partial charge is 0.324 e. The predicted octanol–water partition coefficient (Wildman–Crippen LogP) is 3.82. The van der Waals surface area contributed by atoms with Gasteiger partial charge in [-0.2, -0.15) is 5.10 Å². The van der Waals surface area contributed by atoms with Crippen molar-refractivity contribution in [2.24, 2.45) is 0 Å². The monoisotopic (exact) mass is 418 g/mol. The van der Waals surface area contributed by atoms with Gasteiger partial charge in [0.2, 0.25) is 11.8 Å². The van der Waals surface area contributed by atoms with Crippen molar-refractivity contribution < 1.29 is 9.59 Å². The summed E-state index contributed by atoms with van der Waals surface area (Å²) in [5.74, 6) is -0.660. The number of hydrogen-bond acceptors (Lipinski definition) is 4. The molecular formula is C24H26N4O3. The summed E-state index contributed by atoms with van der Waals surface area (Å²) >= 11 is 0. The van der Waals surface area contributed by atoms with E-state index in [4.69, 9.17) is 0 Å². The van der Waals surface area contributed by atoms with Gasteiger partial charge in [0.15, 0.2) is 0 Å². The third-order valence-corrected chi connectivity index (χ3v) is 4.87. The molecule has 0 spiro atoms. The van der Waals surface area contributed by atoms with Crippen molar-refractivity contribution >= 4 is 23.2 Å². The van der Waals surface area contributed by atoms with Crippen LogP contribution in [0.4, 0.5) is 11.4 Å². The molecule has 0 unspecified atom stereocenters. The third-order valence-electron chi connectivity index (χ3n) is 4.87. The second-order valence-corrected chi connectivity index (χ2v) is 7.50. The van der Waals surface area contributed by atoms with Gasteiger partial charge in [0.25, 0.3) is 5.56 Å². The molecule has 0 atom stereocenters. The molecular weight excluding hydrogens is 392 g/mol. The SMILES string of the molecule is CCC(=O)Nc1cc(-c2ccccc2)nn(CC(=O)Nc2c(C)cc(C)cc2C)c1=O. The Morgan fingerprint density at radius 1 is 0.935 bits per heavy atom. The number of aryl methyl sites for hydroxylation is 3. The minimum absolute atomic E-state index is 0.0937. The number of hydrogen-bond donors (Lipinski definition) is 2. The van der Waals surface area contributed by atoms with E-state index in [1.807, 2.05) is 63.2 Å². The molecule has 3 rings (SSSR count). The van der Waals surface area contributed by atoms with Crippen LogP contribution in [0.5, 0.6) is 0 Å². The van der Waals surface area contributed by atoms with Crippen molar-refractivity contribution in [3.63, 3.8) is 0 Å². The molecule has 0 aliphatic rings. The summed E-state index contributed by atoms with van der Waals surface area (Å²) in [6.45, 7) is 7.27. The summed E-state index contributed by atoms with van der Waals surface area (Å²) in [5, 5.41) is 9.87. The van der Waals surface area contributed by atoms with Crippen molar-refractivity contribution in [2.75, 3.05) is 10.6 Å². The number of nitrogens with one attached hydrogen (secondary N) is 2. The smallest absolute Gasteiger partial charge is 0.291 e. The fourth-order valence-corrected chi connectivity index (χ4v) is 3.42. The fraction of sp³-hybridized carbons (Fsp3) is 0.250. The first-order valence-corrected chi connectivity index (χ1v) is 10.1. The molecule has 7 nitrogen and oxygen atoms in total. The van der Waals surface area contributed by atoms with Gasteiger partial charge < -0.3 is 10.6 Å². The van der Waals surface area contributed by atoms with Gasteiger partial charge in [-0.05, 0) is 38.0 Å². The van der Waals surface area contributed by atoms with Gasteiger partial charge in [0.05, 0.1) is 5.69 Å². The summed E-state index contributed by atoms with van der Waals surface area (Å²) in [4.78, 5) is 37.5. The molecule has 2 N–H and O–H groups in total. The van der Waals surface area contributed by atoms with E-state index in [0.717, 1.165) is 32.6 Å². The molecule has 31 heavy (non-hydrogen) atoms.